The first-order valence-electron chi connectivity index (χ1n) is 5.83. The highest BCUT2D eigenvalue weighted by Gasteiger charge is 2.35. The van der Waals surface area contributed by atoms with Crippen molar-refractivity contribution in [2.45, 2.75) is 6.04 Å². The number of ether oxygens (including phenoxy) is 2. The minimum Gasteiger partial charge on any atom is -0.493 e. The second-order valence-electron chi connectivity index (χ2n) is 4.16. The minimum atomic E-state index is -0.861. The van der Waals surface area contributed by atoms with Crippen LogP contribution in [-0.2, 0) is 4.79 Å². The molecule has 2 atom stereocenters. The lowest BCUT2D eigenvalue weighted by molar-refractivity contribution is -0.123. The van der Waals surface area contributed by atoms with Gasteiger partial charge < -0.3 is 20.1 Å². The van der Waals surface area contributed by atoms with Crippen LogP contribution in [0.4, 0.5) is 0 Å². The summed E-state index contributed by atoms with van der Waals surface area (Å²) in [6.45, 7) is 0. The summed E-state index contributed by atoms with van der Waals surface area (Å²) in [4.78, 5) is 11.8. The zero-order valence-corrected chi connectivity index (χ0v) is 11.8. The molecule has 0 aliphatic carbocycles. The van der Waals surface area contributed by atoms with Gasteiger partial charge in [0.1, 0.15) is 5.92 Å². The minimum absolute atomic E-state index is 0.210. The number of hydrogen-bond donors (Lipinski definition) is 2. The third kappa shape index (κ3) is 2.51. The number of carbonyl (C=O) groups excluding carboxylic acids is 1. The summed E-state index contributed by atoms with van der Waals surface area (Å²) in [5.41, 5.74) is 0.728. The molecule has 0 radical (unpaired) electrons. The first kappa shape index (κ1) is 14.1. The van der Waals surface area contributed by atoms with Crippen molar-refractivity contribution >= 4 is 23.2 Å². The molecule has 1 saturated heterocycles. The Morgan fingerprint density at radius 2 is 2.00 bits per heavy atom. The molecule has 2 rings (SSSR count). The fraction of sp³-hybridized carbons (Fsp3) is 0.308. The Hall–Kier alpha value is -2.33. The van der Waals surface area contributed by atoms with Crippen molar-refractivity contribution in [3.8, 4) is 17.6 Å². The summed E-state index contributed by atoms with van der Waals surface area (Å²) in [5, 5.41) is 14.7. The molecule has 1 aromatic carbocycles. The number of rotatable bonds is 3. The molecule has 0 saturated carbocycles. The fourth-order valence-corrected chi connectivity index (χ4v) is 2.28. The monoisotopic (exact) mass is 291 g/mol. The number of amides is 1. The van der Waals surface area contributed by atoms with E-state index < -0.39 is 17.9 Å². The molecule has 0 aromatic heterocycles. The van der Waals surface area contributed by atoms with E-state index in [1.54, 1.807) is 18.2 Å². The largest absolute Gasteiger partial charge is 0.493 e. The average molecular weight is 291 g/mol. The maximum Gasteiger partial charge on any atom is 0.245 e. The molecule has 1 aliphatic heterocycles. The number of carbonyl (C=O) groups is 1. The van der Waals surface area contributed by atoms with Crippen molar-refractivity contribution in [3.05, 3.63) is 23.8 Å². The lowest BCUT2D eigenvalue weighted by Crippen LogP contribution is -2.53. The molecule has 1 amide bonds. The summed E-state index contributed by atoms with van der Waals surface area (Å²) in [7, 11) is 3.06. The lowest BCUT2D eigenvalue weighted by Gasteiger charge is -2.29. The topological polar surface area (TPSA) is 83.4 Å². The number of nitrogens with one attached hydrogen (secondary N) is 2. The molecule has 20 heavy (non-hydrogen) atoms. The van der Waals surface area contributed by atoms with E-state index in [9.17, 15) is 4.79 Å². The van der Waals surface area contributed by atoms with Crippen LogP contribution < -0.4 is 20.1 Å². The molecule has 0 spiro atoms. The average Bonchev–Trinajstić information content (AvgIpc) is 2.45. The molecular weight excluding hydrogens is 278 g/mol. The normalized spacial score (nSPS) is 21.4. The van der Waals surface area contributed by atoms with Gasteiger partial charge in [0.05, 0.1) is 26.3 Å². The Morgan fingerprint density at radius 3 is 2.60 bits per heavy atom. The second-order valence-corrected chi connectivity index (χ2v) is 4.57. The van der Waals surface area contributed by atoms with Crippen molar-refractivity contribution < 1.29 is 14.3 Å². The summed E-state index contributed by atoms with van der Waals surface area (Å²) < 4.78 is 10.4. The molecule has 1 aliphatic rings. The summed E-state index contributed by atoms with van der Waals surface area (Å²) in [5.74, 6) is -0.163. The Kier molecular flexibility index (Phi) is 4.05. The maximum absolute atomic E-state index is 11.8. The second kappa shape index (κ2) is 5.75. The van der Waals surface area contributed by atoms with Crippen molar-refractivity contribution in [1.29, 1.82) is 5.26 Å². The highest BCUT2D eigenvalue weighted by molar-refractivity contribution is 7.80. The number of nitrogens with zero attached hydrogens (tertiary/aromatic N) is 1. The Morgan fingerprint density at radius 1 is 1.30 bits per heavy atom. The van der Waals surface area contributed by atoms with Crippen LogP contribution in [0.3, 0.4) is 0 Å². The van der Waals surface area contributed by atoms with Gasteiger partial charge in [-0.05, 0) is 29.9 Å². The fourth-order valence-electron chi connectivity index (χ4n) is 2.06. The third-order valence-corrected chi connectivity index (χ3v) is 3.26. The van der Waals surface area contributed by atoms with Crippen LogP contribution in [0.2, 0.25) is 0 Å². The molecule has 1 heterocycles. The van der Waals surface area contributed by atoms with Crippen molar-refractivity contribution in [2.24, 2.45) is 5.92 Å². The number of nitriles is 1. The van der Waals surface area contributed by atoms with E-state index in [1.807, 2.05) is 6.07 Å². The smallest absolute Gasteiger partial charge is 0.245 e. The zero-order valence-electron chi connectivity index (χ0n) is 11.0. The summed E-state index contributed by atoms with van der Waals surface area (Å²) >= 11 is 4.96. The van der Waals surface area contributed by atoms with E-state index in [4.69, 9.17) is 27.0 Å². The molecule has 0 bridgehead atoms. The van der Waals surface area contributed by atoms with Gasteiger partial charge in [-0.1, -0.05) is 6.07 Å². The van der Waals surface area contributed by atoms with Crippen LogP contribution in [0.1, 0.15) is 11.6 Å². The van der Waals surface area contributed by atoms with Crippen molar-refractivity contribution in [3.63, 3.8) is 0 Å². The first-order valence-corrected chi connectivity index (χ1v) is 6.24. The van der Waals surface area contributed by atoms with Gasteiger partial charge in [0.2, 0.25) is 5.91 Å². The van der Waals surface area contributed by atoms with E-state index in [-0.39, 0.29) is 5.11 Å². The van der Waals surface area contributed by atoms with Crippen LogP contribution in [0, 0.1) is 17.2 Å². The van der Waals surface area contributed by atoms with Crippen LogP contribution >= 0.6 is 12.2 Å². The zero-order chi connectivity index (χ0) is 14.7. The van der Waals surface area contributed by atoms with Gasteiger partial charge in [-0.15, -0.1) is 0 Å². The van der Waals surface area contributed by atoms with E-state index in [0.29, 0.717) is 11.5 Å². The number of hydrogen-bond acceptors (Lipinski definition) is 5. The van der Waals surface area contributed by atoms with Gasteiger partial charge in [0.25, 0.3) is 0 Å². The Labute approximate surface area is 121 Å². The molecule has 2 N–H and O–H groups in total. The van der Waals surface area contributed by atoms with Gasteiger partial charge in [0, 0.05) is 0 Å². The quantitative estimate of drug-likeness (QED) is 0.805. The van der Waals surface area contributed by atoms with E-state index in [2.05, 4.69) is 10.6 Å². The van der Waals surface area contributed by atoms with E-state index in [0.717, 1.165) is 5.56 Å². The number of benzene rings is 1. The number of methoxy groups -OCH3 is 2. The van der Waals surface area contributed by atoms with Gasteiger partial charge in [-0.25, -0.2) is 0 Å². The van der Waals surface area contributed by atoms with Crippen LogP contribution in [0.25, 0.3) is 0 Å². The lowest BCUT2D eigenvalue weighted by atomic mass is 9.92. The Bertz CT molecular complexity index is 597. The van der Waals surface area contributed by atoms with Crippen LogP contribution in [-0.4, -0.2) is 25.2 Å². The molecular formula is C13H13N3O3S. The SMILES string of the molecule is COc1ccc(C2NC(=S)NC(=O)C2C#N)cc1OC. The summed E-state index contributed by atoms with van der Waals surface area (Å²) in [6, 6.07) is 6.68. The standard InChI is InChI=1S/C13H13N3O3S/c1-18-9-4-3-7(5-10(9)19-2)11-8(6-14)12(17)16-13(20)15-11/h3-5,8,11H,1-2H3,(H2,15,16,17,20). The van der Waals surface area contributed by atoms with Gasteiger partial charge >= 0.3 is 0 Å². The summed E-state index contributed by atoms with van der Waals surface area (Å²) in [6.07, 6.45) is 0. The molecule has 1 aromatic rings. The highest BCUT2D eigenvalue weighted by Crippen LogP contribution is 2.33. The number of thiocarbonyl (C=S) groups is 1. The van der Waals surface area contributed by atoms with E-state index >= 15 is 0 Å². The van der Waals surface area contributed by atoms with Gasteiger partial charge in [-0.3, -0.25) is 4.79 Å². The van der Waals surface area contributed by atoms with Crippen LogP contribution in [0.15, 0.2) is 18.2 Å². The Balaban J connectivity index is 2.40. The molecule has 104 valence electrons. The van der Waals surface area contributed by atoms with E-state index in [1.165, 1.54) is 14.2 Å². The molecule has 1 fully saturated rings. The van der Waals surface area contributed by atoms with Crippen LogP contribution in [0.5, 0.6) is 11.5 Å². The van der Waals surface area contributed by atoms with Gasteiger partial charge in [0.15, 0.2) is 16.6 Å². The highest BCUT2D eigenvalue weighted by atomic mass is 32.1. The molecule has 6 nitrogen and oxygen atoms in total. The van der Waals surface area contributed by atoms with Gasteiger partial charge in [-0.2, -0.15) is 5.26 Å². The predicted octanol–water partition coefficient (Wildman–Crippen LogP) is 0.889. The molecule has 7 heteroatoms. The third-order valence-electron chi connectivity index (χ3n) is 3.04. The predicted molar refractivity (Wildman–Crippen MR) is 75.3 cm³/mol. The van der Waals surface area contributed by atoms with Crippen molar-refractivity contribution in [2.75, 3.05) is 14.2 Å². The maximum atomic E-state index is 11.8. The van der Waals surface area contributed by atoms with Crippen molar-refractivity contribution in [1.82, 2.24) is 10.6 Å². The first-order chi connectivity index (χ1) is 9.60. The molecule has 2 unspecified atom stereocenters.